The van der Waals surface area contributed by atoms with Crippen LogP contribution in [0.5, 0.6) is 0 Å². The predicted molar refractivity (Wildman–Crippen MR) is 102 cm³/mol. The third kappa shape index (κ3) is 3.27. The third-order valence-corrected chi connectivity index (χ3v) is 6.90. The van der Waals surface area contributed by atoms with Gasteiger partial charge in [0.25, 0.3) is 0 Å². The van der Waals surface area contributed by atoms with E-state index in [1.165, 1.54) is 0 Å². The Balaban J connectivity index is 1.67. The minimum atomic E-state index is -3.16. The Kier molecular flexibility index (Phi) is 4.32. The molecule has 2 saturated heterocycles. The molecule has 5 nitrogen and oxygen atoms in total. The molecule has 0 spiro atoms. The van der Waals surface area contributed by atoms with Gasteiger partial charge in [-0.25, -0.2) is 8.42 Å². The Labute approximate surface area is 154 Å². The lowest BCUT2D eigenvalue weighted by atomic mass is 10.0. The normalized spacial score (nSPS) is 25.3. The maximum atomic E-state index is 12.9. The van der Waals surface area contributed by atoms with Gasteiger partial charge in [-0.3, -0.25) is 9.69 Å². The summed E-state index contributed by atoms with van der Waals surface area (Å²) in [5.41, 5.74) is 3.04. The topological polar surface area (TPSA) is 57.7 Å². The fourth-order valence-electron chi connectivity index (χ4n) is 4.10. The molecule has 2 aromatic carbocycles. The van der Waals surface area contributed by atoms with Crippen LogP contribution in [0.25, 0.3) is 0 Å². The molecule has 0 unspecified atom stereocenters. The molecule has 2 aliphatic rings. The molecule has 4 rings (SSSR count). The fraction of sp³-hybridized carbons (Fsp3) is 0.350. The van der Waals surface area contributed by atoms with Gasteiger partial charge in [-0.15, -0.1) is 0 Å². The first-order chi connectivity index (χ1) is 12.4. The molecule has 2 aromatic rings. The maximum Gasteiger partial charge on any atom is 0.241 e. The zero-order chi connectivity index (χ0) is 18.3. The van der Waals surface area contributed by atoms with Crippen molar-refractivity contribution in [3.8, 4) is 0 Å². The minimum absolute atomic E-state index is 0.0304. The molecule has 2 fully saturated rings. The van der Waals surface area contributed by atoms with E-state index in [0.29, 0.717) is 6.54 Å². The van der Waals surface area contributed by atoms with Crippen molar-refractivity contribution in [2.75, 3.05) is 23.0 Å². The van der Waals surface area contributed by atoms with E-state index < -0.39 is 9.84 Å². The van der Waals surface area contributed by atoms with Gasteiger partial charge in [0, 0.05) is 18.3 Å². The third-order valence-electron chi connectivity index (χ3n) is 5.20. The minimum Gasteiger partial charge on any atom is -0.306 e. The number of nitrogens with zero attached hydrogens (tertiary/aromatic N) is 2. The summed E-state index contributed by atoms with van der Waals surface area (Å²) >= 11 is 0. The zero-order valence-electron chi connectivity index (χ0n) is 14.7. The number of piperazine rings is 1. The van der Waals surface area contributed by atoms with Crippen LogP contribution in [0.2, 0.25) is 0 Å². The molecule has 6 heteroatoms. The van der Waals surface area contributed by atoms with Gasteiger partial charge in [0.2, 0.25) is 5.91 Å². The van der Waals surface area contributed by atoms with Gasteiger partial charge < -0.3 is 4.90 Å². The van der Waals surface area contributed by atoms with Crippen molar-refractivity contribution >= 4 is 21.4 Å². The average molecular weight is 370 g/mol. The molecule has 136 valence electrons. The van der Waals surface area contributed by atoms with Crippen molar-refractivity contribution in [3.05, 3.63) is 65.7 Å². The number of amides is 1. The van der Waals surface area contributed by atoms with E-state index in [4.69, 9.17) is 0 Å². The highest BCUT2D eigenvalue weighted by molar-refractivity contribution is 7.91. The summed E-state index contributed by atoms with van der Waals surface area (Å²) in [6.07, 6.45) is 0. The van der Waals surface area contributed by atoms with Crippen molar-refractivity contribution in [1.82, 2.24) is 4.90 Å². The number of anilines is 1. The summed E-state index contributed by atoms with van der Waals surface area (Å²) in [4.78, 5) is 16.6. The summed E-state index contributed by atoms with van der Waals surface area (Å²) in [6, 6.07) is 17.0. The standard InChI is InChI=1S/C20H22N2O3S/c1-15-6-5-7-16(10-15)11-21-12-20(23)22(17-8-3-2-4-9-17)19-14-26(24,25)13-18(19)21/h2-10,18-19H,11-14H2,1H3/t18-,19+/m0/s1. The molecular weight excluding hydrogens is 348 g/mol. The molecule has 2 atom stereocenters. The molecule has 0 N–H and O–H groups in total. The van der Waals surface area contributed by atoms with E-state index in [1.807, 2.05) is 60.4 Å². The van der Waals surface area contributed by atoms with Crippen LogP contribution in [0.15, 0.2) is 54.6 Å². The van der Waals surface area contributed by atoms with Crippen molar-refractivity contribution < 1.29 is 13.2 Å². The molecule has 0 saturated carbocycles. The Bertz CT molecular complexity index is 927. The molecular formula is C20H22N2O3S. The van der Waals surface area contributed by atoms with E-state index in [2.05, 4.69) is 6.07 Å². The lowest BCUT2D eigenvalue weighted by Crippen LogP contribution is -2.61. The molecule has 1 amide bonds. The summed E-state index contributed by atoms with van der Waals surface area (Å²) in [6.45, 7) is 2.86. The first kappa shape index (κ1) is 17.2. The van der Waals surface area contributed by atoms with Crippen LogP contribution in [-0.2, 0) is 21.2 Å². The second-order valence-electron chi connectivity index (χ2n) is 7.20. The monoisotopic (exact) mass is 370 g/mol. The Morgan fingerprint density at radius 3 is 2.46 bits per heavy atom. The number of fused-ring (bicyclic) bond motifs is 1. The second kappa shape index (κ2) is 6.52. The smallest absolute Gasteiger partial charge is 0.241 e. The number of carbonyl (C=O) groups excluding carboxylic acids is 1. The molecule has 2 heterocycles. The van der Waals surface area contributed by atoms with E-state index in [0.717, 1.165) is 16.8 Å². The van der Waals surface area contributed by atoms with Crippen LogP contribution in [0.3, 0.4) is 0 Å². The SMILES string of the molecule is Cc1cccc(CN2CC(=O)N(c3ccccc3)[C@@H]3CS(=O)(=O)C[C@@H]32)c1. The molecule has 0 aromatic heterocycles. The number of hydrogen-bond donors (Lipinski definition) is 0. The Morgan fingerprint density at radius 1 is 1.00 bits per heavy atom. The van der Waals surface area contributed by atoms with Crippen molar-refractivity contribution in [3.63, 3.8) is 0 Å². The first-order valence-electron chi connectivity index (χ1n) is 8.80. The molecule has 0 bridgehead atoms. The Morgan fingerprint density at radius 2 is 1.73 bits per heavy atom. The van der Waals surface area contributed by atoms with Crippen molar-refractivity contribution in [2.24, 2.45) is 0 Å². The Hall–Kier alpha value is -2.18. The van der Waals surface area contributed by atoms with Gasteiger partial charge in [-0.05, 0) is 24.6 Å². The van der Waals surface area contributed by atoms with Gasteiger partial charge in [0.15, 0.2) is 9.84 Å². The fourth-order valence-corrected chi connectivity index (χ4v) is 6.08. The largest absolute Gasteiger partial charge is 0.306 e. The van der Waals surface area contributed by atoms with Crippen LogP contribution >= 0.6 is 0 Å². The first-order valence-corrected chi connectivity index (χ1v) is 10.6. The molecule has 0 radical (unpaired) electrons. The van der Waals surface area contributed by atoms with Crippen molar-refractivity contribution in [2.45, 2.75) is 25.6 Å². The number of rotatable bonds is 3. The van der Waals surface area contributed by atoms with Crippen LogP contribution in [0, 0.1) is 6.92 Å². The van der Waals surface area contributed by atoms with Crippen LogP contribution in [0.4, 0.5) is 5.69 Å². The lowest BCUT2D eigenvalue weighted by Gasteiger charge is -2.43. The highest BCUT2D eigenvalue weighted by atomic mass is 32.2. The number of hydrogen-bond acceptors (Lipinski definition) is 4. The number of sulfone groups is 1. The maximum absolute atomic E-state index is 12.9. The number of aryl methyl sites for hydroxylation is 1. The average Bonchev–Trinajstić information content (AvgIpc) is 2.91. The molecule has 2 aliphatic heterocycles. The summed E-state index contributed by atoms with van der Waals surface area (Å²) in [5, 5.41) is 0. The summed E-state index contributed by atoms with van der Waals surface area (Å²) < 4.78 is 24.7. The molecule has 0 aliphatic carbocycles. The zero-order valence-corrected chi connectivity index (χ0v) is 15.5. The van der Waals surface area contributed by atoms with Crippen LogP contribution in [0.1, 0.15) is 11.1 Å². The van der Waals surface area contributed by atoms with E-state index in [9.17, 15) is 13.2 Å². The van der Waals surface area contributed by atoms with E-state index in [-0.39, 0.29) is 36.0 Å². The highest BCUT2D eigenvalue weighted by Gasteiger charge is 2.49. The van der Waals surface area contributed by atoms with Crippen LogP contribution < -0.4 is 4.90 Å². The quantitative estimate of drug-likeness (QED) is 0.829. The van der Waals surface area contributed by atoms with Gasteiger partial charge in [-0.2, -0.15) is 0 Å². The lowest BCUT2D eigenvalue weighted by molar-refractivity contribution is -0.123. The summed E-state index contributed by atoms with van der Waals surface area (Å²) in [7, 11) is -3.16. The molecule has 26 heavy (non-hydrogen) atoms. The van der Waals surface area contributed by atoms with Crippen LogP contribution in [-0.4, -0.2) is 49.4 Å². The second-order valence-corrected chi connectivity index (χ2v) is 9.36. The number of carbonyl (C=O) groups is 1. The number of para-hydroxylation sites is 1. The predicted octanol–water partition coefficient (Wildman–Crippen LogP) is 2.01. The highest BCUT2D eigenvalue weighted by Crippen LogP contribution is 2.32. The summed E-state index contributed by atoms with van der Waals surface area (Å²) in [5.74, 6) is 0.102. The van der Waals surface area contributed by atoms with Gasteiger partial charge in [0.05, 0.1) is 24.1 Å². The number of benzene rings is 2. The van der Waals surface area contributed by atoms with Gasteiger partial charge in [0.1, 0.15) is 0 Å². The van der Waals surface area contributed by atoms with Gasteiger partial charge >= 0.3 is 0 Å². The van der Waals surface area contributed by atoms with Gasteiger partial charge in [-0.1, -0.05) is 48.0 Å². The van der Waals surface area contributed by atoms with Crippen molar-refractivity contribution in [1.29, 1.82) is 0 Å². The van der Waals surface area contributed by atoms with E-state index in [1.54, 1.807) is 4.90 Å². The van der Waals surface area contributed by atoms with E-state index >= 15 is 0 Å².